The van der Waals surface area contributed by atoms with Crippen LogP contribution in [0.25, 0.3) is 0 Å². The van der Waals surface area contributed by atoms with E-state index in [9.17, 15) is 4.79 Å². The minimum absolute atomic E-state index is 0.00302. The first-order valence-electron chi connectivity index (χ1n) is 5.70. The van der Waals surface area contributed by atoms with Gasteiger partial charge < -0.3 is 9.47 Å². The number of fused-ring (bicyclic) bond motifs is 1. The Morgan fingerprint density at radius 2 is 2.27 bits per heavy atom. The van der Waals surface area contributed by atoms with Crippen LogP contribution in [0, 0.1) is 11.8 Å². The second-order valence-electron chi connectivity index (χ2n) is 5.17. The molecule has 15 heavy (non-hydrogen) atoms. The van der Waals surface area contributed by atoms with Crippen molar-refractivity contribution < 1.29 is 14.3 Å². The van der Waals surface area contributed by atoms with Crippen LogP contribution >= 0.6 is 0 Å². The van der Waals surface area contributed by atoms with Gasteiger partial charge >= 0.3 is 5.97 Å². The van der Waals surface area contributed by atoms with E-state index in [4.69, 9.17) is 9.47 Å². The van der Waals surface area contributed by atoms with Crippen LogP contribution in [-0.2, 0) is 14.3 Å². The van der Waals surface area contributed by atoms with E-state index in [2.05, 4.69) is 6.58 Å². The second-order valence-corrected chi connectivity index (χ2v) is 5.17. The molecule has 2 heterocycles. The molecule has 4 atom stereocenters. The van der Waals surface area contributed by atoms with Gasteiger partial charge in [-0.15, -0.1) is 0 Å². The fourth-order valence-electron chi connectivity index (χ4n) is 3.69. The van der Waals surface area contributed by atoms with Gasteiger partial charge in [0.1, 0.15) is 11.7 Å². The van der Waals surface area contributed by atoms with Crippen molar-refractivity contribution in [2.45, 2.75) is 43.8 Å². The predicted molar refractivity (Wildman–Crippen MR) is 54.0 cm³/mol. The molecule has 3 heteroatoms. The Bertz CT molecular complexity index is 312. The average molecular weight is 208 g/mol. The number of carbonyl (C=O) groups is 1. The topological polar surface area (TPSA) is 35.5 Å². The van der Waals surface area contributed by atoms with Gasteiger partial charge in [0.05, 0.1) is 12.2 Å². The van der Waals surface area contributed by atoms with Crippen LogP contribution in [-0.4, -0.2) is 17.7 Å². The van der Waals surface area contributed by atoms with Gasteiger partial charge in [-0.25, -0.2) is 0 Å². The third kappa shape index (κ3) is 1.36. The van der Waals surface area contributed by atoms with E-state index in [1.807, 2.05) is 0 Å². The van der Waals surface area contributed by atoms with E-state index in [1.165, 1.54) is 6.26 Å². The van der Waals surface area contributed by atoms with Crippen LogP contribution < -0.4 is 0 Å². The molecule has 4 rings (SSSR count). The third-order valence-electron chi connectivity index (χ3n) is 4.04. The largest absolute Gasteiger partial charge is 0.495 e. The number of ether oxygens (including phenoxy) is 2. The summed E-state index contributed by atoms with van der Waals surface area (Å²) in [7, 11) is 0. The molecular formula is C12H16O3. The first-order chi connectivity index (χ1) is 7.21. The van der Waals surface area contributed by atoms with E-state index >= 15 is 0 Å². The highest BCUT2D eigenvalue weighted by atomic mass is 16.6. The summed E-state index contributed by atoms with van der Waals surface area (Å²) in [6.45, 7) is 3.64. The van der Waals surface area contributed by atoms with Crippen LogP contribution in [0.5, 0.6) is 0 Å². The SMILES string of the molecule is C=COC12CC3CC(C1)OC(=O)C(C3)C2. The van der Waals surface area contributed by atoms with Gasteiger partial charge in [0, 0.05) is 12.8 Å². The van der Waals surface area contributed by atoms with E-state index in [0.29, 0.717) is 5.92 Å². The first kappa shape index (κ1) is 9.25. The third-order valence-corrected chi connectivity index (χ3v) is 4.04. The monoisotopic (exact) mass is 208 g/mol. The Morgan fingerprint density at radius 1 is 1.40 bits per heavy atom. The van der Waals surface area contributed by atoms with Gasteiger partial charge in [-0.1, -0.05) is 6.58 Å². The molecule has 4 fully saturated rings. The number of carbonyl (C=O) groups excluding carboxylic acids is 1. The summed E-state index contributed by atoms with van der Waals surface area (Å²) >= 11 is 0. The average Bonchev–Trinajstić information content (AvgIpc) is 2.29. The van der Waals surface area contributed by atoms with E-state index in [1.54, 1.807) is 0 Å². The summed E-state index contributed by atoms with van der Waals surface area (Å²) in [4.78, 5) is 11.7. The fourth-order valence-corrected chi connectivity index (χ4v) is 3.69. The minimum atomic E-state index is -0.148. The lowest BCUT2D eigenvalue weighted by molar-refractivity contribution is -0.151. The standard InChI is InChI=1S/C12H16O3/c1-2-14-12-5-8-3-9(6-12)11(13)15-10(4-8)7-12/h2,8-10H,1,3-7H2. The van der Waals surface area contributed by atoms with E-state index in [0.717, 1.165) is 32.1 Å². The molecule has 3 nitrogen and oxygen atoms in total. The van der Waals surface area contributed by atoms with Crippen LogP contribution in [0.3, 0.4) is 0 Å². The van der Waals surface area contributed by atoms with Gasteiger partial charge in [-0.3, -0.25) is 4.79 Å². The van der Waals surface area contributed by atoms with Crippen LogP contribution in [0.1, 0.15) is 32.1 Å². The van der Waals surface area contributed by atoms with Gasteiger partial charge in [0.25, 0.3) is 0 Å². The van der Waals surface area contributed by atoms with Crippen molar-refractivity contribution in [3.8, 4) is 0 Å². The molecular weight excluding hydrogens is 192 g/mol. The maximum absolute atomic E-state index is 11.7. The molecule has 0 radical (unpaired) electrons. The summed E-state index contributed by atoms with van der Waals surface area (Å²) in [5.74, 6) is 0.668. The number of esters is 1. The van der Waals surface area contributed by atoms with Crippen LogP contribution in [0.4, 0.5) is 0 Å². The van der Waals surface area contributed by atoms with Crippen molar-refractivity contribution in [1.29, 1.82) is 0 Å². The maximum Gasteiger partial charge on any atom is 0.309 e. The molecule has 2 aliphatic carbocycles. The molecule has 0 aromatic carbocycles. The van der Waals surface area contributed by atoms with Gasteiger partial charge in [-0.05, 0) is 25.2 Å². The fraction of sp³-hybridized carbons (Fsp3) is 0.750. The molecule has 2 aliphatic heterocycles. The highest BCUT2D eigenvalue weighted by Gasteiger charge is 2.53. The van der Waals surface area contributed by atoms with Crippen molar-refractivity contribution in [3.05, 3.63) is 12.8 Å². The molecule has 0 N–H and O–H groups in total. The lowest BCUT2D eigenvalue weighted by Gasteiger charge is -2.45. The molecule has 0 aromatic rings. The number of hydrogen-bond donors (Lipinski definition) is 0. The number of rotatable bonds is 2. The molecule has 0 aromatic heterocycles. The lowest BCUT2D eigenvalue weighted by atomic mass is 9.65. The van der Waals surface area contributed by atoms with Gasteiger partial charge in [0.15, 0.2) is 0 Å². The van der Waals surface area contributed by atoms with E-state index < -0.39 is 0 Å². The van der Waals surface area contributed by atoms with Crippen molar-refractivity contribution in [3.63, 3.8) is 0 Å². The Hall–Kier alpha value is -0.990. The summed E-state index contributed by atoms with van der Waals surface area (Å²) in [6.07, 6.45) is 6.40. The Balaban J connectivity index is 1.94. The summed E-state index contributed by atoms with van der Waals surface area (Å²) in [5.41, 5.74) is -0.148. The van der Waals surface area contributed by atoms with Crippen LogP contribution in [0.2, 0.25) is 0 Å². The predicted octanol–water partition coefficient (Wildman–Crippen LogP) is 2.02. The van der Waals surface area contributed by atoms with Crippen molar-refractivity contribution >= 4 is 5.97 Å². The molecule has 4 aliphatic rings. The molecule has 82 valence electrons. The number of hydrogen-bond acceptors (Lipinski definition) is 3. The first-order valence-corrected chi connectivity index (χ1v) is 5.70. The highest BCUT2D eigenvalue weighted by molar-refractivity contribution is 5.73. The highest BCUT2D eigenvalue weighted by Crippen LogP contribution is 2.51. The lowest BCUT2D eigenvalue weighted by Crippen LogP contribution is -2.46. The normalized spacial score (nSPS) is 47.2. The molecule has 0 amide bonds. The van der Waals surface area contributed by atoms with Crippen molar-refractivity contribution in [1.82, 2.24) is 0 Å². The zero-order chi connectivity index (χ0) is 10.5. The van der Waals surface area contributed by atoms with Crippen molar-refractivity contribution in [2.24, 2.45) is 11.8 Å². The Kier molecular flexibility index (Phi) is 1.85. The molecule has 2 saturated carbocycles. The maximum atomic E-state index is 11.7. The molecule has 0 spiro atoms. The summed E-state index contributed by atoms with van der Waals surface area (Å²) in [5, 5.41) is 0. The quantitative estimate of drug-likeness (QED) is 0.514. The van der Waals surface area contributed by atoms with Gasteiger partial charge in [-0.2, -0.15) is 0 Å². The summed E-state index contributed by atoms with van der Waals surface area (Å²) in [6, 6.07) is 0. The molecule has 4 unspecified atom stereocenters. The molecule has 4 bridgehead atoms. The summed E-state index contributed by atoms with van der Waals surface area (Å²) < 4.78 is 11.2. The zero-order valence-electron chi connectivity index (χ0n) is 8.78. The second kappa shape index (κ2) is 3.00. The minimum Gasteiger partial charge on any atom is -0.495 e. The Labute approximate surface area is 89.4 Å². The van der Waals surface area contributed by atoms with Crippen LogP contribution in [0.15, 0.2) is 12.8 Å². The van der Waals surface area contributed by atoms with E-state index in [-0.39, 0.29) is 23.6 Å². The smallest absolute Gasteiger partial charge is 0.309 e. The van der Waals surface area contributed by atoms with Gasteiger partial charge in [0.2, 0.25) is 0 Å². The van der Waals surface area contributed by atoms with Crippen molar-refractivity contribution in [2.75, 3.05) is 0 Å². The molecule has 2 saturated heterocycles. The Morgan fingerprint density at radius 3 is 3.07 bits per heavy atom. The zero-order valence-corrected chi connectivity index (χ0v) is 8.78.